The molecule has 0 aliphatic carbocycles. The predicted octanol–water partition coefficient (Wildman–Crippen LogP) is 0.562. The van der Waals surface area contributed by atoms with Gasteiger partial charge in [0.15, 0.2) is 5.78 Å². The smallest absolute Gasteiger partial charge is 0.270 e. The minimum Gasteiger partial charge on any atom is -1.00 e. The molecule has 3 rings (SSSR count). The van der Waals surface area contributed by atoms with E-state index in [0.717, 1.165) is 29.5 Å². The third-order valence-corrected chi connectivity index (χ3v) is 4.74. The van der Waals surface area contributed by atoms with Crippen molar-refractivity contribution >= 4 is 28.3 Å². The number of carbonyl (C=O) groups is 1. The Morgan fingerprint density at radius 2 is 1.81 bits per heavy atom. The molecule has 162 valence electrons. The SMILES string of the molecule is C[NH+](C)CCCOc1ccc(C(=O)/C=C/c2cccc([N+](=O)[O-])c2)c2ccccc12.[Cl-]. The highest BCUT2D eigenvalue weighted by molar-refractivity contribution is 6.15. The van der Waals surface area contributed by atoms with Crippen LogP contribution in [-0.4, -0.2) is 38.0 Å². The number of nitro groups is 1. The second-order valence-electron chi connectivity index (χ2n) is 7.37. The maximum Gasteiger partial charge on any atom is 0.270 e. The molecule has 0 amide bonds. The number of non-ortho nitro benzene ring substituents is 1. The van der Waals surface area contributed by atoms with Gasteiger partial charge in [-0.25, -0.2) is 0 Å². The summed E-state index contributed by atoms with van der Waals surface area (Å²) in [6, 6.07) is 17.5. The van der Waals surface area contributed by atoms with Crippen molar-refractivity contribution < 1.29 is 31.8 Å². The lowest BCUT2D eigenvalue weighted by atomic mass is 10.00. The number of ether oxygens (including phenoxy) is 1. The van der Waals surface area contributed by atoms with Gasteiger partial charge < -0.3 is 22.0 Å². The van der Waals surface area contributed by atoms with Crippen LogP contribution in [0.2, 0.25) is 0 Å². The van der Waals surface area contributed by atoms with Gasteiger partial charge in [0.2, 0.25) is 0 Å². The number of ketones is 1. The van der Waals surface area contributed by atoms with Crippen LogP contribution in [0.4, 0.5) is 5.69 Å². The van der Waals surface area contributed by atoms with Crippen LogP contribution in [0.5, 0.6) is 5.75 Å². The molecule has 0 aromatic heterocycles. The molecule has 0 bridgehead atoms. The van der Waals surface area contributed by atoms with Gasteiger partial charge in [-0.15, -0.1) is 0 Å². The molecule has 6 nitrogen and oxygen atoms in total. The Kier molecular flexibility index (Phi) is 8.73. The molecule has 0 saturated carbocycles. The maximum absolute atomic E-state index is 12.8. The third-order valence-electron chi connectivity index (χ3n) is 4.74. The second-order valence-corrected chi connectivity index (χ2v) is 7.37. The summed E-state index contributed by atoms with van der Waals surface area (Å²) in [5.41, 5.74) is 1.16. The first-order valence-corrected chi connectivity index (χ1v) is 9.86. The van der Waals surface area contributed by atoms with Crippen LogP contribution in [0, 0.1) is 10.1 Å². The van der Waals surface area contributed by atoms with E-state index in [0.29, 0.717) is 17.7 Å². The second kappa shape index (κ2) is 11.2. The third kappa shape index (κ3) is 6.38. The van der Waals surface area contributed by atoms with Gasteiger partial charge in [-0.1, -0.05) is 42.5 Å². The minimum absolute atomic E-state index is 0. The molecule has 0 aliphatic rings. The van der Waals surface area contributed by atoms with Crippen molar-refractivity contribution in [2.24, 2.45) is 0 Å². The van der Waals surface area contributed by atoms with Crippen LogP contribution in [0.15, 0.2) is 66.7 Å². The van der Waals surface area contributed by atoms with E-state index in [-0.39, 0.29) is 23.9 Å². The maximum atomic E-state index is 12.8. The van der Waals surface area contributed by atoms with Gasteiger partial charge >= 0.3 is 0 Å². The van der Waals surface area contributed by atoms with E-state index >= 15 is 0 Å². The summed E-state index contributed by atoms with van der Waals surface area (Å²) in [5.74, 6) is 0.596. The normalized spacial score (nSPS) is 10.9. The number of quaternary nitrogens is 1. The molecule has 0 unspecified atom stereocenters. The molecule has 0 aliphatic heterocycles. The van der Waals surface area contributed by atoms with E-state index < -0.39 is 4.92 Å². The zero-order valence-electron chi connectivity index (χ0n) is 17.5. The van der Waals surface area contributed by atoms with Gasteiger partial charge in [0, 0.05) is 29.5 Å². The van der Waals surface area contributed by atoms with Crippen molar-refractivity contribution in [1.82, 2.24) is 0 Å². The van der Waals surface area contributed by atoms with Crippen molar-refractivity contribution in [1.29, 1.82) is 0 Å². The van der Waals surface area contributed by atoms with E-state index in [9.17, 15) is 14.9 Å². The standard InChI is InChI=1S/C24H24N2O4.ClH/c1-25(2)15-6-16-30-24-14-12-21(20-9-3-4-10-22(20)24)23(27)13-11-18-7-5-8-19(17-18)26(28)29;/h3-5,7-14,17H,6,15-16H2,1-2H3;1H/b13-11+;. The van der Waals surface area contributed by atoms with E-state index in [2.05, 4.69) is 14.1 Å². The topological polar surface area (TPSA) is 73.9 Å². The van der Waals surface area contributed by atoms with Gasteiger partial charge in [-0.05, 0) is 29.2 Å². The van der Waals surface area contributed by atoms with Crippen molar-refractivity contribution in [3.63, 3.8) is 0 Å². The Morgan fingerprint density at radius 3 is 2.52 bits per heavy atom. The Hall–Kier alpha value is -3.22. The van der Waals surface area contributed by atoms with E-state index in [1.807, 2.05) is 30.3 Å². The number of carbonyl (C=O) groups excluding carboxylic acids is 1. The summed E-state index contributed by atoms with van der Waals surface area (Å²) < 4.78 is 5.96. The lowest BCUT2D eigenvalue weighted by molar-refractivity contribution is -0.858. The first kappa shape index (κ1) is 24.1. The molecule has 7 heteroatoms. The Labute approximate surface area is 187 Å². The summed E-state index contributed by atoms with van der Waals surface area (Å²) in [4.78, 5) is 24.7. The first-order valence-electron chi connectivity index (χ1n) is 9.86. The van der Waals surface area contributed by atoms with Crippen LogP contribution in [0.1, 0.15) is 22.3 Å². The quantitative estimate of drug-likeness (QED) is 0.173. The number of nitrogens with zero attached hydrogens (tertiary/aromatic N) is 1. The first-order chi connectivity index (χ1) is 14.5. The highest BCUT2D eigenvalue weighted by Crippen LogP contribution is 2.29. The van der Waals surface area contributed by atoms with E-state index in [1.54, 1.807) is 24.3 Å². The van der Waals surface area contributed by atoms with E-state index in [4.69, 9.17) is 4.74 Å². The summed E-state index contributed by atoms with van der Waals surface area (Å²) in [6.07, 6.45) is 3.99. The Bertz CT molecular complexity index is 1100. The number of benzene rings is 3. The Morgan fingerprint density at radius 1 is 1.06 bits per heavy atom. The number of hydrogen-bond acceptors (Lipinski definition) is 4. The number of nitrogens with one attached hydrogen (secondary N) is 1. The minimum atomic E-state index is -0.453. The molecule has 3 aromatic carbocycles. The number of fused-ring (bicyclic) bond motifs is 1. The molecular weight excluding hydrogens is 416 g/mol. The molecule has 0 fully saturated rings. The van der Waals surface area contributed by atoms with Gasteiger partial charge in [-0.2, -0.15) is 0 Å². The van der Waals surface area contributed by atoms with Crippen LogP contribution in [0.3, 0.4) is 0 Å². The summed E-state index contributed by atoms with van der Waals surface area (Å²) in [5, 5.41) is 12.6. The lowest BCUT2D eigenvalue weighted by Crippen LogP contribution is -3.05. The molecule has 0 saturated heterocycles. The molecule has 1 N–H and O–H groups in total. The fourth-order valence-electron chi connectivity index (χ4n) is 3.22. The lowest BCUT2D eigenvalue weighted by Gasteiger charge is -2.12. The monoisotopic (exact) mass is 440 g/mol. The number of allylic oxidation sites excluding steroid dienone is 1. The van der Waals surface area contributed by atoms with Crippen LogP contribution < -0.4 is 22.0 Å². The molecule has 0 heterocycles. The van der Waals surface area contributed by atoms with Crippen molar-refractivity contribution in [2.45, 2.75) is 6.42 Å². The van der Waals surface area contributed by atoms with Crippen molar-refractivity contribution in [3.8, 4) is 5.75 Å². The number of halogens is 1. The zero-order chi connectivity index (χ0) is 21.5. The van der Waals surface area contributed by atoms with Gasteiger partial charge in [0.25, 0.3) is 5.69 Å². The summed E-state index contributed by atoms with van der Waals surface area (Å²) in [7, 11) is 4.22. The Balaban J connectivity index is 0.00000341. The molecule has 0 spiro atoms. The zero-order valence-corrected chi connectivity index (χ0v) is 18.3. The average Bonchev–Trinajstić information content (AvgIpc) is 2.75. The summed E-state index contributed by atoms with van der Waals surface area (Å²) >= 11 is 0. The fourth-order valence-corrected chi connectivity index (χ4v) is 3.22. The highest BCUT2D eigenvalue weighted by Gasteiger charge is 2.12. The highest BCUT2D eigenvalue weighted by atomic mass is 35.5. The van der Waals surface area contributed by atoms with E-state index in [1.165, 1.54) is 23.1 Å². The fraction of sp³-hybridized carbons (Fsp3) is 0.208. The molecule has 0 atom stereocenters. The van der Waals surface area contributed by atoms with Gasteiger partial charge in [0.1, 0.15) is 5.75 Å². The van der Waals surface area contributed by atoms with Crippen LogP contribution >= 0.6 is 0 Å². The summed E-state index contributed by atoms with van der Waals surface area (Å²) in [6.45, 7) is 1.64. The van der Waals surface area contributed by atoms with Crippen LogP contribution in [-0.2, 0) is 0 Å². The molecule has 31 heavy (non-hydrogen) atoms. The number of hydrogen-bond donors (Lipinski definition) is 1. The largest absolute Gasteiger partial charge is 1.00 e. The molecular formula is C24H25ClN2O4. The van der Waals surface area contributed by atoms with Crippen molar-refractivity contribution in [3.05, 3.63) is 88.0 Å². The van der Waals surface area contributed by atoms with Crippen LogP contribution in [0.25, 0.3) is 16.8 Å². The number of nitro benzene ring substituents is 1. The molecule has 0 radical (unpaired) electrons. The van der Waals surface area contributed by atoms with Crippen molar-refractivity contribution in [2.75, 3.05) is 27.2 Å². The average molecular weight is 441 g/mol. The number of rotatable bonds is 9. The van der Waals surface area contributed by atoms with Gasteiger partial charge in [-0.3, -0.25) is 14.9 Å². The van der Waals surface area contributed by atoms with Gasteiger partial charge in [0.05, 0.1) is 32.2 Å². The molecule has 3 aromatic rings. The predicted molar refractivity (Wildman–Crippen MR) is 118 cm³/mol.